The number of carbonyl (C=O) groups excluding carboxylic acids is 4. The number of cyclic esters (lactones) is 1. The van der Waals surface area contributed by atoms with Gasteiger partial charge in [-0.25, -0.2) is 0 Å². The minimum atomic E-state index is -1.44. The van der Waals surface area contributed by atoms with E-state index in [1.807, 2.05) is 49.4 Å². The highest BCUT2D eigenvalue weighted by molar-refractivity contribution is 6.05. The van der Waals surface area contributed by atoms with Gasteiger partial charge in [0.15, 0.2) is 0 Å². The lowest BCUT2D eigenvalue weighted by atomic mass is 9.74. The van der Waals surface area contributed by atoms with Gasteiger partial charge in [0.05, 0.1) is 38.3 Å². The van der Waals surface area contributed by atoms with Gasteiger partial charge >= 0.3 is 5.97 Å². The van der Waals surface area contributed by atoms with Gasteiger partial charge in [0, 0.05) is 18.7 Å². The van der Waals surface area contributed by atoms with E-state index in [9.17, 15) is 24.3 Å². The molecule has 0 unspecified atom stereocenters. The first-order valence-electron chi connectivity index (χ1n) is 15.8. The third kappa shape index (κ3) is 5.47. The fourth-order valence-corrected chi connectivity index (χ4v) is 7.12. The van der Waals surface area contributed by atoms with Gasteiger partial charge in [-0.2, -0.15) is 0 Å². The van der Waals surface area contributed by atoms with Crippen LogP contribution in [0, 0.1) is 11.8 Å². The Balaban J connectivity index is 1.44. The number of allylic oxidation sites excluding steroid dienone is 1. The van der Waals surface area contributed by atoms with Crippen molar-refractivity contribution in [2.75, 3.05) is 31.7 Å². The third-order valence-electron chi connectivity index (χ3n) is 9.45. The number of rotatable bonds is 6. The van der Waals surface area contributed by atoms with Crippen LogP contribution in [0.1, 0.15) is 37.9 Å². The van der Waals surface area contributed by atoms with Crippen LogP contribution in [-0.4, -0.2) is 84.3 Å². The van der Waals surface area contributed by atoms with Crippen molar-refractivity contribution in [1.82, 2.24) is 10.2 Å². The average Bonchev–Trinajstić information content (AvgIpc) is 3.72. The lowest BCUT2D eigenvalue weighted by Gasteiger charge is -2.38. The van der Waals surface area contributed by atoms with E-state index in [-0.39, 0.29) is 32.0 Å². The summed E-state index contributed by atoms with van der Waals surface area (Å²) in [5, 5.41) is 13.3. The van der Waals surface area contributed by atoms with Crippen LogP contribution < -0.4 is 15.0 Å². The summed E-state index contributed by atoms with van der Waals surface area (Å²) in [6, 6.07) is 14.3. The summed E-state index contributed by atoms with van der Waals surface area (Å²) in [6.07, 6.45) is 6.54. The molecule has 6 rings (SSSR count). The number of nitrogens with zero attached hydrogens (tertiary/aromatic N) is 2. The first-order chi connectivity index (χ1) is 22.3. The van der Waals surface area contributed by atoms with Crippen LogP contribution in [0.3, 0.4) is 0 Å². The standard InChI is InChI=1S/C35H39N3O8/c1-3-23(21-39)38-31-33(42)37(24-13-15-25(44-2)16-14-24)19-9-5-8-12-28(40)36-20-27(22-10-6-4-7-11-22)45-34(43)29-26-17-18-35(31,46-26)30(29)32(38)41/h4-7,9-11,13-18,23,26-27,29-31,39H,3,8,12,19-21H2,1-2H3,(H,36,40)/b9-5-/t23-,26-,27-,29+,30+,31-,35+/m0/s1. The topological polar surface area (TPSA) is 135 Å². The largest absolute Gasteiger partial charge is 0.497 e. The first kappa shape index (κ1) is 31.5. The molecule has 3 amide bonds. The van der Waals surface area contributed by atoms with Crippen LogP contribution in [0.25, 0.3) is 0 Å². The quantitative estimate of drug-likeness (QED) is 0.368. The summed E-state index contributed by atoms with van der Waals surface area (Å²) in [5.74, 6) is -3.17. The summed E-state index contributed by atoms with van der Waals surface area (Å²) in [4.78, 5) is 59.1. The van der Waals surface area contributed by atoms with Crippen molar-refractivity contribution in [2.24, 2.45) is 11.8 Å². The van der Waals surface area contributed by atoms with Crippen LogP contribution in [0.15, 0.2) is 78.9 Å². The first-order valence-corrected chi connectivity index (χ1v) is 15.8. The molecule has 242 valence electrons. The van der Waals surface area contributed by atoms with Gasteiger partial charge in [-0.3, -0.25) is 19.2 Å². The number of hydrogen-bond donors (Lipinski definition) is 2. The Labute approximate surface area is 267 Å². The van der Waals surface area contributed by atoms with E-state index in [1.165, 1.54) is 4.90 Å². The normalized spacial score (nSPS) is 31.0. The third-order valence-corrected chi connectivity index (χ3v) is 9.45. The van der Waals surface area contributed by atoms with Crippen molar-refractivity contribution in [1.29, 1.82) is 0 Å². The SMILES string of the molecule is CC[C@@H](CO)N1C(=O)[C@H]2[C@@H]3C(=O)O[C@H](c4ccccc4)CNC(=O)CC/C=C\CN(c4ccc(OC)cc4)C(=O)[C@H]1[C@@]21C=C[C@@H]3O1. The zero-order chi connectivity index (χ0) is 32.4. The zero-order valence-electron chi connectivity index (χ0n) is 25.9. The smallest absolute Gasteiger partial charge is 0.313 e. The average molecular weight is 630 g/mol. The van der Waals surface area contributed by atoms with Crippen molar-refractivity contribution in [3.63, 3.8) is 0 Å². The molecule has 4 aliphatic rings. The maximum absolute atomic E-state index is 14.8. The van der Waals surface area contributed by atoms with Crippen molar-refractivity contribution < 1.29 is 38.5 Å². The zero-order valence-corrected chi connectivity index (χ0v) is 25.9. The molecule has 4 aliphatic heterocycles. The highest BCUT2D eigenvalue weighted by Gasteiger charge is 2.74. The van der Waals surface area contributed by atoms with Gasteiger partial charge in [0.1, 0.15) is 29.4 Å². The van der Waals surface area contributed by atoms with Gasteiger partial charge in [0.2, 0.25) is 11.8 Å². The number of aliphatic hydroxyl groups excluding tert-OH is 1. The number of aliphatic hydroxyl groups is 1. The molecule has 5 bridgehead atoms. The van der Waals surface area contributed by atoms with E-state index in [0.29, 0.717) is 29.8 Å². The number of methoxy groups -OCH3 is 1. The molecule has 4 heterocycles. The summed E-state index contributed by atoms with van der Waals surface area (Å²) in [7, 11) is 1.55. The highest BCUT2D eigenvalue weighted by Crippen LogP contribution is 2.56. The van der Waals surface area contributed by atoms with Crippen LogP contribution in [0.2, 0.25) is 0 Å². The van der Waals surface area contributed by atoms with Gasteiger partial charge in [-0.15, -0.1) is 0 Å². The van der Waals surface area contributed by atoms with Crippen LogP contribution >= 0.6 is 0 Å². The second-order valence-electron chi connectivity index (χ2n) is 12.0. The van der Waals surface area contributed by atoms with Crippen molar-refractivity contribution in [2.45, 2.75) is 56.1 Å². The Morgan fingerprint density at radius 2 is 1.80 bits per heavy atom. The molecule has 11 nitrogen and oxygen atoms in total. The summed E-state index contributed by atoms with van der Waals surface area (Å²) < 4.78 is 17.9. The molecule has 0 aliphatic carbocycles. The van der Waals surface area contributed by atoms with Crippen molar-refractivity contribution >= 4 is 29.4 Å². The Morgan fingerprint density at radius 1 is 1.04 bits per heavy atom. The maximum Gasteiger partial charge on any atom is 0.313 e. The number of anilines is 1. The van der Waals surface area contributed by atoms with Crippen LogP contribution in [-0.2, 0) is 28.7 Å². The number of amides is 3. The fourth-order valence-electron chi connectivity index (χ4n) is 7.12. The Hall–Kier alpha value is -4.48. The predicted molar refractivity (Wildman–Crippen MR) is 168 cm³/mol. The molecular weight excluding hydrogens is 590 g/mol. The van der Waals surface area contributed by atoms with E-state index in [1.54, 1.807) is 48.4 Å². The molecule has 2 saturated heterocycles. The number of hydrogen-bond acceptors (Lipinski definition) is 8. The molecule has 46 heavy (non-hydrogen) atoms. The Morgan fingerprint density at radius 3 is 2.50 bits per heavy atom. The number of esters is 1. The minimum absolute atomic E-state index is 0.0526. The number of carbonyl (C=O) groups is 4. The molecular formula is C35H39N3O8. The van der Waals surface area contributed by atoms with Crippen LogP contribution in [0.4, 0.5) is 5.69 Å². The number of ether oxygens (including phenoxy) is 3. The summed E-state index contributed by atoms with van der Waals surface area (Å²) in [6.45, 7) is 1.67. The van der Waals surface area contributed by atoms with E-state index in [4.69, 9.17) is 14.2 Å². The molecule has 11 heteroatoms. The van der Waals surface area contributed by atoms with Crippen molar-refractivity contribution in [3.05, 3.63) is 84.5 Å². The monoisotopic (exact) mass is 629 g/mol. The van der Waals surface area contributed by atoms with E-state index < -0.39 is 59.5 Å². The lowest BCUT2D eigenvalue weighted by Crippen LogP contribution is -2.58. The molecule has 2 N–H and O–H groups in total. The summed E-state index contributed by atoms with van der Waals surface area (Å²) >= 11 is 0. The molecule has 7 atom stereocenters. The van der Waals surface area contributed by atoms with E-state index in [0.717, 1.165) is 0 Å². The van der Waals surface area contributed by atoms with Gasteiger partial charge < -0.3 is 34.4 Å². The molecule has 1 spiro atoms. The molecule has 2 aromatic rings. The van der Waals surface area contributed by atoms with Gasteiger partial charge in [-0.05, 0) is 42.7 Å². The Kier molecular flexibility index (Phi) is 8.97. The molecule has 0 aromatic heterocycles. The molecule has 2 aromatic carbocycles. The van der Waals surface area contributed by atoms with Gasteiger partial charge in [0.25, 0.3) is 5.91 Å². The maximum atomic E-state index is 14.8. The number of benzene rings is 2. The fraction of sp³-hybridized carbons (Fsp3) is 0.429. The lowest BCUT2D eigenvalue weighted by molar-refractivity contribution is -0.160. The number of nitrogens with one attached hydrogen (secondary N) is 1. The number of likely N-dealkylation sites (tertiary alicyclic amines) is 1. The van der Waals surface area contributed by atoms with Crippen LogP contribution in [0.5, 0.6) is 5.75 Å². The molecule has 0 radical (unpaired) electrons. The van der Waals surface area contributed by atoms with Crippen molar-refractivity contribution in [3.8, 4) is 5.75 Å². The van der Waals surface area contributed by atoms with E-state index in [2.05, 4.69) is 5.32 Å². The second-order valence-corrected chi connectivity index (χ2v) is 12.0. The number of fused-ring (bicyclic) bond motifs is 2. The van der Waals surface area contributed by atoms with E-state index >= 15 is 0 Å². The molecule has 0 saturated carbocycles. The second kappa shape index (κ2) is 13.1. The predicted octanol–water partition coefficient (Wildman–Crippen LogP) is 2.70. The molecule has 2 fully saturated rings. The summed E-state index contributed by atoms with van der Waals surface area (Å²) in [5.41, 5.74) is -0.185. The van der Waals surface area contributed by atoms with Gasteiger partial charge in [-0.1, -0.05) is 61.6 Å². The minimum Gasteiger partial charge on any atom is -0.497 e. The highest BCUT2D eigenvalue weighted by atomic mass is 16.6. The Bertz CT molecular complexity index is 1520.